The van der Waals surface area contributed by atoms with E-state index >= 15 is 0 Å². The Labute approximate surface area is 233 Å². The van der Waals surface area contributed by atoms with Crippen LogP contribution < -0.4 is 16.2 Å². The Morgan fingerprint density at radius 1 is 1.15 bits per heavy atom. The van der Waals surface area contributed by atoms with Crippen molar-refractivity contribution in [3.63, 3.8) is 0 Å². The fourth-order valence-corrected chi connectivity index (χ4v) is 6.20. The van der Waals surface area contributed by atoms with Crippen LogP contribution in [0.2, 0.25) is 0 Å². The summed E-state index contributed by atoms with van der Waals surface area (Å²) in [6.45, 7) is 2.63. The van der Waals surface area contributed by atoms with Gasteiger partial charge in [-0.1, -0.05) is 36.4 Å². The molecule has 1 aromatic carbocycles. The van der Waals surface area contributed by atoms with E-state index < -0.39 is 18.0 Å². The molecule has 11 nitrogen and oxygen atoms in total. The van der Waals surface area contributed by atoms with Gasteiger partial charge in [0, 0.05) is 23.7 Å². The second-order valence-electron chi connectivity index (χ2n) is 9.50. The first-order valence-corrected chi connectivity index (χ1v) is 14.3. The summed E-state index contributed by atoms with van der Waals surface area (Å²) in [5.74, 6) is 0.504. The number of para-hydroxylation sites is 1. The summed E-state index contributed by atoms with van der Waals surface area (Å²) in [6, 6.07) is 11.5. The molecule has 1 unspecified atom stereocenters. The van der Waals surface area contributed by atoms with Crippen molar-refractivity contribution in [3.8, 4) is 17.1 Å². The number of benzene rings is 1. The monoisotopic (exact) mass is 560 g/mol. The third kappa shape index (κ3) is 4.79. The lowest BCUT2D eigenvalue weighted by molar-refractivity contribution is -0.139. The van der Waals surface area contributed by atoms with Crippen LogP contribution in [0, 0.1) is 0 Å². The zero-order chi connectivity index (χ0) is 27.6. The van der Waals surface area contributed by atoms with E-state index in [1.807, 2.05) is 30.3 Å². The van der Waals surface area contributed by atoms with Crippen LogP contribution in [0.15, 0.2) is 74.4 Å². The normalized spacial score (nSPS) is 17.2. The molecule has 6 rings (SSSR count). The molecule has 0 bridgehead atoms. The Morgan fingerprint density at radius 3 is 2.77 bits per heavy atom. The topological polar surface area (TPSA) is 133 Å². The molecule has 2 aromatic rings. The van der Waals surface area contributed by atoms with Gasteiger partial charge in [-0.15, -0.1) is 5.10 Å². The number of amides is 2. The van der Waals surface area contributed by atoms with Gasteiger partial charge >= 0.3 is 12.0 Å². The molecule has 2 N–H and O–H groups in total. The van der Waals surface area contributed by atoms with E-state index in [-0.39, 0.29) is 23.5 Å². The first-order chi connectivity index (χ1) is 19.5. The third-order valence-electron chi connectivity index (χ3n) is 6.99. The number of hydrogen-bond donors (Lipinski definition) is 2. The summed E-state index contributed by atoms with van der Waals surface area (Å²) in [5, 5.41) is 10.8. The standard InChI is InChI=1S/C28H28N6O5S/c1-2-38-26(36)21-18(29-27(37)30-23(21)20-13-9-15-39-20)16-40-28-31-24-22(19-12-7-4-8-14-33(19)28)25(35)34(32-24)17-10-5-3-6-11-17/h3,5-6,9-11,13,15,23H,2,4,7-8,12,14,16H2,1H3,(H2,29,30,37). The van der Waals surface area contributed by atoms with Crippen molar-refractivity contribution in [1.82, 2.24) is 30.0 Å². The van der Waals surface area contributed by atoms with Crippen molar-refractivity contribution >= 4 is 23.8 Å². The molecule has 1 aromatic heterocycles. The molecule has 4 aliphatic heterocycles. The number of esters is 1. The average Bonchev–Trinajstić information content (AvgIpc) is 3.53. The first-order valence-electron chi connectivity index (χ1n) is 13.3. The number of nitrogens with one attached hydrogen (secondary N) is 2. The van der Waals surface area contributed by atoms with Crippen LogP contribution >= 0.6 is 11.8 Å². The van der Waals surface area contributed by atoms with Gasteiger partial charge in [0.2, 0.25) is 0 Å². The van der Waals surface area contributed by atoms with Crippen molar-refractivity contribution in [3.05, 3.63) is 81.8 Å². The number of carbonyl (C=O) groups excluding carboxylic acids is 2. The van der Waals surface area contributed by atoms with E-state index in [2.05, 4.69) is 20.3 Å². The molecule has 0 saturated heterocycles. The molecule has 12 heteroatoms. The minimum absolute atomic E-state index is 0.185. The van der Waals surface area contributed by atoms with Crippen LogP contribution in [0.5, 0.6) is 0 Å². The van der Waals surface area contributed by atoms with Gasteiger partial charge in [0.05, 0.1) is 24.1 Å². The summed E-state index contributed by atoms with van der Waals surface area (Å²) < 4.78 is 14.4. The highest BCUT2D eigenvalue weighted by Crippen LogP contribution is 2.34. The maximum atomic E-state index is 13.5. The number of thioether (sulfide) groups is 1. The molecule has 1 atom stereocenters. The van der Waals surface area contributed by atoms with Crippen LogP contribution in [0.4, 0.5) is 4.79 Å². The maximum Gasteiger partial charge on any atom is 0.338 e. The average molecular weight is 561 g/mol. The molecule has 0 aliphatic carbocycles. The molecule has 0 radical (unpaired) electrons. The highest BCUT2D eigenvalue weighted by atomic mass is 32.2. The molecular weight excluding hydrogens is 532 g/mol. The van der Waals surface area contributed by atoms with Crippen LogP contribution in [0.3, 0.4) is 0 Å². The third-order valence-corrected chi connectivity index (χ3v) is 7.99. The Hall–Kier alpha value is -4.32. The van der Waals surface area contributed by atoms with E-state index in [9.17, 15) is 14.4 Å². The van der Waals surface area contributed by atoms with E-state index in [4.69, 9.17) is 14.1 Å². The lowest BCUT2D eigenvalue weighted by atomic mass is 10.0. The highest BCUT2D eigenvalue weighted by molar-refractivity contribution is 7.99. The molecule has 4 aliphatic rings. The predicted octanol–water partition coefficient (Wildman–Crippen LogP) is 3.82. The molecular formula is C28H28N6O5S. The summed E-state index contributed by atoms with van der Waals surface area (Å²) in [7, 11) is 0. The van der Waals surface area contributed by atoms with Gasteiger partial charge in [-0.25, -0.2) is 14.6 Å². The number of fused-ring (bicyclic) bond motifs is 3. The zero-order valence-electron chi connectivity index (χ0n) is 21.9. The Kier molecular flexibility index (Phi) is 7.16. The van der Waals surface area contributed by atoms with E-state index in [0.717, 1.165) is 31.4 Å². The molecule has 0 fully saturated rings. The van der Waals surface area contributed by atoms with Gasteiger partial charge in [-0.3, -0.25) is 4.79 Å². The van der Waals surface area contributed by atoms with Gasteiger partial charge in [0.25, 0.3) is 5.56 Å². The van der Waals surface area contributed by atoms with Gasteiger partial charge in [0.1, 0.15) is 17.4 Å². The van der Waals surface area contributed by atoms with E-state index in [1.165, 1.54) is 22.7 Å². The zero-order valence-corrected chi connectivity index (χ0v) is 22.7. The molecule has 5 heterocycles. The van der Waals surface area contributed by atoms with Crippen LogP contribution in [-0.2, 0) is 22.5 Å². The molecule has 2 amide bonds. The summed E-state index contributed by atoms with van der Waals surface area (Å²) in [4.78, 5) is 44.0. The smallest absolute Gasteiger partial charge is 0.338 e. The maximum absolute atomic E-state index is 13.5. The molecule has 0 spiro atoms. The Morgan fingerprint density at radius 2 is 2.00 bits per heavy atom. The van der Waals surface area contributed by atoms with Crippen molar-refractivity contribution in [2.24, 2.45) is 0 Å². The number of ether oxygens (including phenoxy) is 1. The fourth-order valence-electron chi connectivity index (χ4n) is 5.20. The van der Waals surface area contributed by atoms with Crippen molar-refractivity contribution < 1.29 is 18.7 Å². The second kappa shape index (κ2) is 11.0. The summed E-state index contributed by atoms with van der Waals surface area (Å²) in [5.41, 5.74) is 2.64. The minimum atomic E-state index is -0.789. The van der Waals surface area contributed by atoms with Gasteiger partial charge in [-0.05, 0) is 50.5 Å². The number of urea groups is 1. The summed E-state index contributed by atoms with van der Waals surface area (Å²) >= 11 is 1.38. The van der Waals surface area contributed by atoms with Crippen molar-refractivity contribution in [2.75, 3.05) is 12.4 Å². The largest absolute Gasteiger partial charge is 0.467 e. The molecule has 206 valence electrons. The van der Waals surface area contributed by atoms with Crippen molar-refractivity contribution in [2.45, 2.75) is 50.4 Å². The van der Waals surface area contributed by atoms with Gasteiger partial charge in [-0.2, -0.15) is 4.68 Å². The highest BCUT2D eigenvalue weighted by Gasteiger charge is 2.36. The number of furan rings is 1. The Balaban J connectivity index is 1.42. The number of aromatic nitrogens is 4. The number of hydrogen-bond acceptors (Lipinski definition) is 8. The second-order valence-corrected chi connectivity index (χ2v) is 10.4. The van der Waals surface area contributed by atoms with E-state index in [1.54, 1.807) is 19.1 Å². The van der Waals surface area contributed by atoms with Gasteiger partial charge < -0.3 is 24.4 Å². The first kappa shape index (κ1) is 25.9. The lowest BCUT2D eigenvalue weighted by Crippen LogP contribution is -2.46. The van der Waals surface area contributed by atoms with Crippen LogP contribution in [-0.4, -0.2) is 43.7 Å². The fraction of sp³-hybridized carbons (Fsp3) is 0.321. The Bertz CT molecular complexity index is 1610. The number of nitrogens with zero attached hydrogens (tertiary/aromatic N) is 4. The van der Waals surface area contributed by atoms with E-state index in [0.29, 0.717) is 40.2 Å². The van der Waals surface area contributed by atoms with Crippen LogP contribution in [0.25, 0.3) is 17.1 Å². The van der Waals surface area contributed by atoms with Gasteiger partial charge in [0.15, 0.2) is 11.0 Å². The summed E-state index contributed by atoms with van der Waals surface area (Å²) in [6.07, 6.45) is 5.19. The molecule has 0 saturated carbocycles. The SMILES string of the molecule is CCOC(=O)C1=C(CSc2nc3nn(-c4ccccc4)c(=O)c-3c3n2CCCCC3)NC(=O)NC1c1ccco1. The van der Waals surface area contributed by atoms with Crippen LogP contribution in [0.1, 0.15) is 43.7 Å². The number of rotatable bonds is 7. The minimum Gasteiger partial charge on any atom is -0.467 e. The quantitative estimate of drug-likeness (QED) is 0.198. The van der Waals surface area contributed by atoms with Crippen molar-refractivity contribution in [1.29, 1.82) is 0 Å². The number of carbonyl (C=O) groups is 2. The predicted molar refractivity (Wildman–Crippen MR) is 147 cm³/mol. The lowest BCUT2D eigenvalue weighted by Gasteiger charge is -2.28. The molecule has 40 heavy (non-hydrogen) atoms.